The summed E-state index contributed by atoms with van der Waals surface area (Å²) < 4.78 is 13.6. The molecule has 0 saturated carbocycles. The van der Waals surface area contributed by atoms with E-state index in [2.05, 4.69) is 150 Å². The van der Waals surface area contributed by atoms with Crippen molar-refractivity contribution in [1.29, 1.82) is 0 Å². The molecule has 0 aliphatic heterocycles. The lowest BCUT2D eigenvalue weighted by Gasteiger charge is -2.13. The van der Waals surface area contributed by atoms with E-state index in [0.717, 1.165) is 65.4 Å². The average molecular weight is 777 g/mol. The van der Waals surface area contributed by atoms with Gasteiger partial charge in [0.25, 0.3) is 0 Å². The van der Waals surface area contributed by atoms with Gasteiger partial charge in [-0.3, -0.25) is 0 Å². The Hall–Kier alpha value is -7.19. The molecule has 8 aromatic carbocycles. The van der Waals surface area contributed by atoms with Gasteiger partial charge in [-0.05, 0) is 54.6 Å². The normalized spacial score (nSPS) is 12.1. The van der Waals surface area contributed by atoms with Crippen LogP contribution in [0.3, 0.4) is 0 Å². The van der Waals surface area contributed by atoms with Crippen molar-refractivity contribution in [1.82, 2.24) is 19.5 Å². The topological polar surface area (TPSA) is 56.7 Å². The van der Waals surface area contributed by atoms with Crippen molar-refractivity contribution in [3.05, 3.63) is 170 Å². The SMILES string of the molecule is c1ccc(-c2nc(-c3cccc4c3sc3ccccc34)nc(-c3cc(-n4c5ccccc5c5ccccc54)cc4c3sc3ccc5oc6ccccc6c5c34)n2)cc1. The lowest BCUT2D eigenvalue weighted by Crippen LogP contribution is -2.01. The minimum absolute atomic E-state index is 0.634. The Morgan fingerprint density at radius 3 is 1.83 bits per heavy atom. The molecule has 0 fully saturated rings. The second-order valence-corrected chi connectivity index (χ2v) is 16.8. The fraction of sp³-hybridized carbons (Fsp3) is 0. The highest BCUT2D eigenvalue weighted by Gasteiger charge is 2.23. The smallest absolute Gasteiger partial charge is 0.165 e. The second kappa shape index (κ2) is 12.2. The van der Waals surface area contributed by atoms with E-state index in [1.807, 2.05) is 24.3 Å². The summed E-state index contributed by atoms with van der Waals surface area (Å²) in [5, 5.41) is 9.43. The van der Waals surface area contributed by atoms with E-state index in [0.29, 0.717) is 17.5 Å². The van der Waals surface area contributed by atoms with E-state index in [9.17, 15) is 0 Å². The van der Waals surface area contributed by atoms with Gasteiger partial charge in [0.1, 0.15) is 11.2 Å². The summed E-state index contributed by atoms with van der Waals surface area (Å²) in [6.07, 6.45) is 0. The zero-order chi connectivity index (χ0) is 37.9. The zero-order valence-corrected chi connectivity index (χ0v) is 32.3. The molecule has 270 valence electrons. The molecule has 0 saturated heterocycles. The number of para-hydroxylation sites is 3. The molecule has 5 aromatic heterocycles. The van der Waals surface area contributed by atoms with Gasteiger partial charge in [-0.25, -0.2) is 15.0 Å². The summed E-state index contributed by atoms with van der Waals surface area (Å²) in [6, 6.07) is 60.0. The monoisotopic (exact) mass is 776 g/mol. The highest BCUT2D eigenvalue weighted by molar-refractivity contribution is 7.27. The second-order valence-electron chi connectivity index (χ2n) is 14.7. The van der Waals surface area contributed by atoms with E-state index in [1.54, 1.807) is 22.7 Å². The first-order valence-electron chi connectivity index (χ1n) is 19.3. The first-order valence-corrected chi connectivity index (χ1v) is 20.9. The molecule has 5 heterocycles. The van der Waals surface area contributed by atoms with Gasteiger partial charge >= 0.3 is 0 Å². The molecule has 0 amide bonds. The lowest BCUT2D eigenvalue weighted by atomic mass is 10.0. The summed E-state index contributed by atoms with van der Waals surface area (Å²) in [7, 11) is 0. The Labute approximate surface area is 338 Å². The number of benzene rings is 8. The van der Waals surface area contributed by atoms with Gasteiger partial charge in [-0.15, -0.1) is 22.7 Å². The third kappa shape index (κ3) is 4.60. The quantitative estimate of drug-likeness (QED) is 0.179. The molecule has 13 rings (SSSR count). The first-order chi connectivity index (χ1) is 28.7. The van der Waals surface area contributed by atoms with Crippen LogP contribution in [0.1, 0.15) is 0 Å². The molecule has 0 N–H and O–H groups in total. The minimum atomic E-state index is 0.634. The molecular weight excluding hydrogens is 749 g/mol. The standard InChI is InChI=1S/C51H28N4OS2/c1-2-13-29(14-3-1)49-52-50(36-20-12-19-34-33-17-7-11-24-43(33)57-47(34)36)54-51(53-49)38-28-30(55-39-21-8-4-15-31(39)32-16-5-9-22-40(32)55)27-37-46-44(58-48(37)38)26-25-42-45(46)35-18-6-10-23-41(35)56-42/h1-28H. The van der Waals surface area contributed by atoms with Crippen LogP contribution in [0.5, 0.6) is 0 Å². The predicted molar refractivity (Wildman–Crippen MR) is 244 cm³/mol. The molecular formula is C51H28N4OS2. The molecule has 0 bridgehead atoms. The number of hydrogen-bond donors (Lipinski definition) is 0. The van der Waals surface area contributed by atoms with Crippen molar-refractivity contribution in [2.45, 2.75) is 0 Å². The van der Waals surface area contributed by atoms with Crippen LogP contribution >= 0.6 is 22.7 Å². The maximum Gasteiger partial charge on any atom is 0.165 e. The number of thiophene rings is 2. The summed E-state index contributed by atoms with van der Waals surface area (Å²) in [4.78, 5) is 16.0. The van der Waals surface area contributed by atoms with E-state index in [1.165, 1.54) is 41.0 Å². The number of nitrogens with zero attached hydrogens (tertiary/aromatic N) is 4. The first kappa shape index (κ1) is 32.0. The predicted octanol–water partition coefficient (Wildman–Crippen LogP) is 14.6. The molecule has 0 atom stereocenters. The van der Waals surface area contributed by atoms with Crippen molar-refractivity contribution in [2.75, 3.05) is 0 Å². The van der Waals surface area contributed by atoms with Crippen molar-refractivity contribution in [2.24, 2.45) is 0 Å². The van der Waals surface area contributed by atoms with Crippen molar-refractivity contribution >= 4 is 107 Å². The molecule has 0 radical (unpaired) electrons. The van der Waals surface area contributed by atoms with Crippen LogP contribution in [0.15, 0.2) is 174 Å². The van der Waals surface area contributed by atoms with E-state index >= 15 is 0 Å². The summed E-state index contributed by atoms with van der Waals surface area (Å²) >= 11 is 3.57. The Balaban J connectivity index is 1.17. The van der Waals surface area contributed by atoms with Crippen LogP contribution in [0.2, 0.25) is 0 Å². The summed E-state index contributed by atoms with van der Waals surface area (Å²) in [5.41, 5.74) is 7.98. The Morgan fingerprint density at radius 1 is 0.397 bits per heavy atom. The fourth-order valence-electron chi connectivity index (χ4n) is 8.92. The Morgan fingerprint density at radius 2 is 1.02 bits per heavy atom. The minimum Gasteiger partial charge on any atom is -0.456 e. The number of furan rings is 1. The van der Waals surface area contributed by atoms with Gasteiger partial charge in [0, 0.05) is 84.3 Å². The van der Waals surface area contributed by atoms with Crippen LogP contribution in [0, 0.1) is 0 Å². The summed E-state index contributed by atoms with van der Waals surface area (Å²) in [5.74, 6) is 1.92. The van der Waals surface area contributed by atoms with Crippen molar-refractivity contribution in [3.63, 3.8) is 0 Å². The maximum absolute atomic E-state index is 6.47. The molecule has 58 heavy (non-hydrogen) atoms. The average Bonchev–Trinajstić information content (AvgIpc) is 4.05. The van der Waals surface area contributed by atoms with E-state index in [-0.39, 0.29) is 0 Å². The van der Waals surface area contributed by atoms with Crippen molar-refractivity contribution < 1.29 is 4.42 Å². The maximum atomic E-state index is 6.47. The van der Waals surface area contributed by atoms with Crippen LogP contribution in [-0.2, 0) is 0 Å². The van der Waals surface area contributed by atoms with Crippen LogP contribution in [0.4, 0.5) is 0 Å². The van der Waals surface area contributed by atoms with Crippen LogP contribution in [-0.4, -0.2) is 19.5 Å². The molecule has 0 aliphatic rings. The number of rotatable bonds is 4. The lowest BCUT2D eigenvalue weighted by molar-refractivity contribution is 0.669. The third-order valence-electron chi connectivity index (χ3n) is 11.5. The van der Waals surface area contributed by atoms with E-state index < -0.39 is 0 Å². The Bertz CT molecular complexity index is 3760. The van der Waals surface area contributed by atoms with Gasteiger partial charge in [-0.1, -0.05) is 115 Å². The Kier molecular flexibility index (Phi) is 6.70. The van der Waals surface area contributed by atoms with Crippen LogP contribution < -0.4 is 0 Å². The highest BCUT2D eigenvalue weighted by Crippen LogP contribution is 2.47. The van der Waals surface area contributed by atoms with Crippen molar-refractivity contribution in [3.8, 4) is 39.9 Å². The molecule has 7 heteroatoms. The molecule has 0 aliphatic carbocycles. The molecule has 0 spiro atoms. The van der Waals surface area contributed by atoms with Gasteiger partial charge in [-0.2, -0.15) is 0 Å². The fourth-order valence-corrected chi connectivity index (χ4v) is 11.3. The number of hydrogen-bond acceptors (Lipinski definition) is 6. The molecule has 0 unspecified atom stereocenters. The number of fused-ring (bicyclic) bond motifs is 13. The van der Waals surface area contributed by atoms with Gasteiger partial charge in [0.2, 0.25) is 0 Å². The largest absolute Gasteiger partial charge is 0.456 e. The van der Waals surface area contributed by atoms with Gasteiger partial charge in [0.05, 0.1) is 11.0 Å². The summed E-state index contributed by atoms with van der Waals surface area (Å²) in [6.45, 7) is 0. The van der Waals surface area contributed by atoms with Gasteiger partial charge < -0.3 is 8.98 Å². The molecule has 13 aromatic rings. The third-order valence-corrected chi connectivity index (χ3v) is 13.9. The molecule has 5 nitrogen and oxygen atoms in total. The van der Waals surface area contributed by atoms with Crippen LogP contribution in [0.25, 0.3) is 124 Å². The number of aromatic nitrogens is 4. The highest BCUT2D eigenvalue weighted by atomic mass is 32.1. The zero-order valence-electron chi connectivity index (χ0n) is 30.7. The van der Waals surface area contributed by atoms with Gasteiger partial charge in [0.15, 0.2) is 17.5 Å². The van der Waals surface area contributed by atoms with E-state index in [4.69, 9.17) is 19.4 Å².